The lowest BCUT2D eigenvalue weighted by Gasteiger charge is -2.28. The predicted molar refractivity (Wildman–Crippen MR) is 82.4 cm³/mol. The fourth-order valence-electron chi connectivity index (χ4n) is 1.99. The zero-order chi connectivity index (χ0) is 15.5. The number of nitrogens with two attached hydrogens (primary N) is 1. The van der Waals surface area contributed by atoms with Gasteiger partial charge in [-0.2, -0.15) is 4.31 Å². The van der Waals surface area contributed by atoms with E-state index in [1.165, 1.54) is 13.1 Å². The minimum Gasteiger partial charge on any atom is -0.392 e. The van der Waals surface area contributed by atoms with Crippen LogP contribution in [0.15, 0.2) is 24.3 Å². The van der Waals surface area contributed by atoms with E-state index < -0.39 is 27.1 Å². The van der Waals surface area contributed by atoms with Gasteiger partial charge in [-0.25, -0.2) is 12.8 Å². The predicted octanol–water partition coefficient (Wildman–Crippen LogP) is 2.21. The standard InChI is InChI=1S/C13H19FN2O2S2/c1-4-12(13(15)19)20(17,18)16(3)9(2)10-7-5-6-8-11(10)14/h5-9,12H,4H2,1-3H3,(H2,15,19). The van der Waals surface area contributed by atoms with Crippen LogP contribution in [0.1, 0.15) is 31.9 Å². The molecule has 0 aliphatic heterocycles. The molecule has 0 fully saturated rings. The number of halogens is 1. The van der Waals surface area contributed by atoms with Gasteiger partial charge in [0.15, 0.2) is 0 Å². The van der Waals surface area contributed by atoms with Crippen LogP contribution in [0.4, 0.5) is 4.39 Å². The molecule has 0 aliphatic carbocycles. The summed E-state index contributed by atoms with van der Waals surface area (Å²) in [6.45, 7) is 3.32. The van der Waals surface area contributed by atoms with E-state index in [4.69, 9.17) is 18.0 Å². The minimum absolute atomic E-state index is 0.0694. The average Bonchev–Trinajstić information content (AvgIpc) is 2.37. The van der Waals surface area contributed by atoms with Gasteiger partial charge in [0.1, 0.15) is 11.1 Å². The number of hydrogen-bond acceptors (Lipinski definition) is 3. The summed E-state index contributed by atoms with van der Waals surface area (Å²) >= 11 is 4.81. The molecule has 2 atom stereocenters. The van der Waals surface area contributed by atoms with E-state index in [1.54, 1.807) is 32.0 Å². The Morgan fingerprint density at radius 3 is 2.45 bits per heavy atom. The van der Waals surface area contributed by atoms with Gasteiger partial charge in [-0.3, -0.25) is 0 Å². The molecule has 0 saturated carbocycles. The first-order valence-electron chi connectivity index (χ1n) is 6.24. The number of sulfonamides is 1. The summed E-state index contributed by atoms with van der Waals surface area (Å²) in [6, 6.07) is 5.46. The van der Waals surface area contributed by atoms with Gasteiger partial charge in [-0.1, -0.05) is 37.3 Å². The first-order chi connectivity index (χ1) is 9.23. The summed E-state index contributed by atoms with van der Waals surface area (Å²) in [5, 5.41) is -0.934. The van der Waals surface area contributed by atoms with Gasteiger partial charge in [0, 0.05) is 18.7 Å². The third-order valence-corrected chi connectivity index (χ3v) is 6.21. The first-order valence-corrected chi connectivity index (χ1v) is 8.15. The Bertz CT molecular complexity index is 590. The molecule has 0 aromatic heterocycles. The molecule has 112 valence electrons. The number of benzene rings is 1. The normalized spacial score (nSPS) is 15.1. The van der Waals surface area contributed by atoms with E-state index in [9.17, 15) is 12.8 Å². The number of nitrogens with zero attached hydrogens (tertiary/aromatic N) is 1. The number of rotatable bonds is 6. The van der Waals surface area contributed by atoms with Crippen molar-refractivity contribution >= 4 is 27.2 Å². The lowest BCUT2D eigenvalue weighted by atomic mass is 10.1. The average molecular weight is 318 g/mol. The van der Waals surface area contributed by atoms with E-state index in [1.807, 2.05) is 0 Å². The molecule has 4 nitrogen and oxygen atoms in total. The Morgan fingerprint density at radius 1 is 1.45 bits per heavy atom. The highest BCUT2D eigenvalue weighted by Crippen LogP contribution is 2.26. The second kappa shape index (κ2) is 6.60. The number of hydrogen-bond donors (Lipinski definition) is 1. The molecular formula is C13H19FN2O2S2. The maximum Gasteiger partial charge on any atom is 0.223 e. The van der Waals surface area contributed by atoms with Crippen molar-refractivity contribution in [2.75, 3.05) is 7.05 Å². The van der Waals surface area contributed by atoms with Crippen LogP contribution in [0.25, 0.3) is 0 Å². The van der Waals surface area contributed by atoms with Crippen LogP contribution < -0.4 is 5.73 Å². The van der Waals surface area contributed by atoms with Crippen LogP contribution in [0, 0.1) is 5.82 Å². The number of thiocarbonyl (C=S) groups is 1. The van der Waals surface area contributed by atoms with Crippen molar-refractivity contribution in [2.24, 2.45) is 5.73 Å². The first kappa shape index (κ1) is 17.0. The van der Waals surface area contributed by atoms with Crippen LogP contribution in [0.2, 0.25) is 0 Å². The van der Waals surface area contributed by atoms with Crippen molar-refractivity contribution in [3.63, 3.8) is 0 Å². The molecule has 1 aromatic rings. The molecule has 2 unspecified atom stereocenters. The molecule has 0 saturated heterocycles. The Kier molecular flexibility index (Phi) is 5.61. The lowest BCUT2D eigenvalue weighted by Crippen LogP contribution is -2.43. The van der Waals surface area contributed by atoms with Gasteiger partial charge in [-0.05, 0) is 19.4 Å². The molecular weight excluding hydrogens is 299 g/mol. The van der Waals surface area contributed by atoms with Crippen LogP contribution in [0.3, 0.4) is 0 Å². The highest BCUT2D eigenvalue weighted by Gasteiger charge is 2.34. The van der Waals surface area contributed by atoms with E-state index in [-0.39, 0.29) is 11.4 Å². The third kappa shape index (κ3) is 3.34. The molecule has 0 aliphatic rings. The summed E-state index contributed by atoms with van der Waals surface area (Å²) in [7, 11) is -2.30. The second-order valence-electron chi connectivity index (χ2n) is 4.56. The van der Waals surface area contributed by atoms with E-state index >= 15 is 0 Å². The van der Waals surface area contributed by atoms with Gasteiger partial charge in [0.2, 0.25) is 10.0 Å². The SMILES string of the molecule is CCC(C(N)=S)S(=O)(=O)N(C)C(C)c1ccccc1F. The maximum absolute atomic E-state index is 13.8. The molecule has 0 amide bonds. The minimum atomic E-state index is -3.71. The molecule has 0 spiro atoms. The zero-order valence-corrected chi connectivity index (χ0v) is 13.3. The molecule has 1 aromatic carbocycles. The topological polar surface area (TPSA) is 63.4 Å². The highest BCUT2D eigenvalue weighted by molar-refractivity contribution is 7.92. The molecule has 1 rings (SSSR count). The summed E-state index contributed by atoms with van der Waals surface area (Å²) in [4.78, 5) is -0.0694. The van der Waals surface area contributed by atoms with Crippen LogP contribution in [0.5, 0.6) is 0 Å². The van der Waals surface area contributed by atoms with Crippen LogP contribution in [-0.2, 0) is 10.0 Å². The van der Waals surface area contributed by atoms with Crippen molar-refractivity contribution in [1.29, 1.82) is 0 Å². The molecule has 0 bridgehead atoms. The summed E-state index contributed by atoms with van der Waals surface area (Å²) in [5.74, 6) is -0.439. The Morgan fingerprint density at radius 2 is 2.00 bits per heavy atom. The maximum atomic E-state index is 13.8. The fraction of sp³-hybridized carbons (Fsp3) is 0.462. The molecule has 0 radical (unpaired) electrons. The Balaban J connectivity index is 3.14. The van der Waals surface area contributed by atoms with Crippen LogP contribution >= 0.6 is 12.2 Å². The zero-order valence-electron chi connectivity index (χ0n) is 11.7. The van der Waals surface area contributed by atoms with Crippen molar-refractivity contribution in [3.05, 3.63) is 35.6 Å². The summed E-state index contributed by atoms with van der Waals surface area (Å²) in [6.07, 6.45) is 0.284. The van der Waals surface area contributed by atoms with Crippen molar-refractivity contribution in [2.45, 2.75) is 31.6 Å². The molecule has 7 heteroatoms. The van der Waals surface area contributed by atoms with Crippen molar-refractivity contribution in [1.82, 2.24) is 4.31 Å². The summed E-state index contributed by atoms with van der Waals surface area (Å²) < 4.78 is 39.8. The quantitative estimate of drug-likeness (QED) is 0.817. The smallest absolute Gasteiger partial charge is 0.223 e. The van der Waals surface area contributed by atoms with E-state index in [0.29, 0.717) is 5.56 Å². The van der Waals surface area contributed by atoms with Crippen LogP contribution in [-0.4, -0.2) is 30.0 Å². The van der Waals surface area contributed by atoms with Crippen molar-refractivity contribution in [3.8, 4) is 0 Å². The largest absolute Gasteiger partial charge is 0.392 e. The summed E-state index contributed by atoms with van der Waals surface area (Å²) in [5.41, 5.74) is 5.81. The fourth-order valence-corrected chi connectivity index (χ4v) is 4.19. The monoisotopic (exact) mass is 318 g/mol. The second-order valence-corrected chi connectivity index (χ2v) is 7.20. The molecule has 20 heavy (non-hydrogen) atoms. The van der Waals surface area contributed by atoms with Gasteiger partial charge in [0.25, 0.3) is 0 Å². The van der Waals surface area contributed by atoms with Gasteiger partial charge >= 0.3 is 0 Å². The van der Waals surface area contributed by atoms with E-state index in [0.717, 1.165) is 4.31 Å². The van der Waals surface area contributed by atoms with Gasteiger partial charge in [-0.15, -0.1) is 0 Å². The Labute approximate surface area is 124 Å². The van der Waals surface area contributed by atoms with Gasteiger partial charge in [0.05, 0.1) is 4.99 Å². The Hall–Kier alpha value is -1.05. The van der Waals surface area contributed by atoms with Gasteiger partial charge < -0.3 is 5.73 Å². The third-order valence-electron chi connectivity index (χ3n) is 3.35. The molecule has 2 N–H and O–H groups in total. The van der Waals surface area contributed by atoms with Crippen molar-refractivity contribution < 1.29 is 12.8 Å². The highest BCUT2D eigenvalue weighted by atomic mass is 32.2. The van der Waals surface area contributed by atoms with E-state index in [2.05, 4.69) is 0 Å². The molecule has 0 heterocycles. The lowest BCUT2D eigenvalue weighted by molar-refractivity contribution is 0.384.